The Kier molecular flexibility index (Phi) is 5.61. The minimum atomic E-state index is -0.297. The van der Waals surface area contributed by atoms with Crippen molar-refractivity contribution in [3.63, 3.8) is 0 Å². The first kappa shape index (κ1) is 20.6. The highest BCUT2D eigenvalue weighted by Gasteiger charge is 2.28. The van der Waals surface area contributed by atoms with Gasteiger partial charge in [0.25, 0.3) is 11.5 Å². The molecular weight excluding hydrogens is 422 g/mol. The van der Waals surface area contributed by atoms with Crippen molar-refractivity contribution in [1.82, 2.24) is 23.8 Å². The van der Waals surface area contributed by atoms with Gasteiger partial charge in [-0.1, -0.05) is 37.3 Å². The largest absolute Gasteiger partial charge is 0.336 e. The van der Waals surface area contributed by atoms with Crippen LogP contribution in [0, 0.1) is 0 Å². The third-order valence-electron chi connectivity index (χ3n) is 6.05. The topological polar surface area (TPSA) is 72.5 Å². The van der Waals surface area contributed by atoms with Crippen molar-refractivity contribution < 1.29 is 4.79 Å². The van der Waals surface area contributed by atoms with E-state index in [0.29, 0.717) is 18.1 Å². The minimum Gasteiger partial charge on any atom is -0.336 e. The number of hydrogen-bond donors (Lipinski definition) is 0. The molecule has 1 unspecified atom stereocenters. The Morgan fingerprint density at radius 1 is 1.22 bits per heavy atom. The monoisotopic (exact) mass is 447 g/mol. The number of fused-ring (bicyclic) bond motifs is 1. The summed E-state index contributed by atoms with van der Waals surface area (Å²) in [5, 5.41) is 0. The summed E-state index contributed by atoms with van der Waals surface area (Å²) in [7, 11) is 0. The minimum absolute atomic E-state index is 0.133. The summed E-state index contributed by atoms with van der Waals surface area (Å²) < 4.78 is 3.69. The quantitative estimate of drug-likeness (QED) is 0.469. The number of hydrogen-bond acceptors (Lipinski definition) is 5. The van der Waals surface area contributed by atoms with Gasteiger partial charge in [0, 0.05) is 55.6 Å². The number of benzene rings is 1. The number of thiazole rings is 1. The molecule has 1 saturated heterocycles. The van der Waals surface area contributed by atoms with E-state index in [0.717, 1.165) is 36.4 Å². The second-order valence-corrected chi connectivity index (χ2v) is 9.23. The van der Waals surface area contributed by atoms with Crippen LogP contribution < -0.4 is 5.56 Å². The van der Waals surface area contributed by atoms with E-state index in [4.69, 9.17) is 0 Å². The molecule has 1 aliphatic rings. The van der Waals surface area contributed by atoms with Gasteiger partial charge in [-0.2, -0.15) is 0 Å². The lowest BCUT2D eigenvalue weighted by Crippen LogP contribution is -2.43. The average Bonchev–Trinajstić information content (AvgIpc) is 3.47. The summed E-state index contributed by atoms with van der Waals surface area (Å²) >= 11 is 1.48. The molecule has 4 heterocycles. The van der Waals surface area contributed by atoms with Gasteiger partial charge in [-0.05, 0) is 18.4 Å². The number of rotatable bonds is 5. The van der Waals surface area contributed by atoms with Gasteiger partial charge in [-0.15, -0.1) is 11.3 Å². The summed E-state index contributed by atoms with van der Waals surface area (Å²) in [4.78, 5) is 38.7. The second-order valence-electron chi connectivity index (χ2n) is 8.14. The standard InChI is InChI=1S/C24H25N5O2S/c1-2-21-25-10-12-28(21)18-9-6-11-27(15-18)22(30)20-14-26-24-29(23(20)31)16-19(32-24)13-17-7-4-3-5-8-17/h3-5,7-8,10,12,14,16,18H,2,6,9,11,13,15H2,1H3. The average molecular weight is 448 g/mol. The van der Waals surface area contributed by atoms with Crippen molar-refractivity contribution in [3.8, 4) is 0 Å². The van der Waals surface area contributed by atoms with Crippen molar-refractivity contribution in [3.05, 3.63) is 87.3 Å². The van der Waals surface area contributed by atoms with E-state index in [1.54, 1.807) is 4.90 Å². The molecule has 1 atom stereocenters. The summed E-state index contributed by atoms with van der Waals surface area (Å²) in [5.74, 6) is 0.784. The van der Waals surface area contributed by atoms with E-state index in [2.05, 4.69) is 33.6 Å². The van der Waals surface area contributed by atoms with Gasteiger partial charge in [0.05, 0.1) is 6.04 Å². The predicted octanol–water partition coefficient (Wildman–Crippen LogP) is 3.58. The van der Waals surface area contributed by atoms with Crippen LogP contribution in [-0.2, 0) is 12.8 Å². The van der Waals surface area contributed by atoms with Gasteiger partial charge >= 0.3 is 0 Å². The number of imidazole rings is 1. The molecule has 0 N–H and O–H groups in total. The first-order valence-electron chi connectivity index (χ1n) is 11.0. The fourth-order valence-corrected chi connectivity index (χ4v) is 5.41. The smallest absolute Gasteiger partial charge is 0.271 e. The summed E-state index contributed by atoms with van der Waals surface area (Å²) in [6, 6.07) is 10.3. The Balaban J connectivity index is 1.39. The van der Waals surface area contributed by atoms with Crippen LogP contribution in [0.3, 0.4) is 0 Å². The molecule has 0 bridgehead atoms. The maximum Gasteiger partial charge on any atom is 0.271 e. The first-order chi connectivity index (χ1) is 15.6. The summed E-state index contributed by atoms with van der Waals surface area (Å²) in [5.41, 5.74) is 1.01. The van der Waals surface area contributed by atoms with Gasteiger partial charge in [0.1, 0.15) is 11.4 Å². The molecule has 8 heteroatoms. The molecule has 0 aliphatic carbocycles. The van der Waals surface area contributed by atoms with Crippen molar-refractivity contribution in [2.24, 2.45) is 0 Å². The van der Waals surface area contributed by atoms with Crippen molar-refractivity contribution in [1.29, 1.82) is 0 Å². The van der Waals surface area contributed by atoms with E-state index in [1.165, 1.54) is 27.5 Å². The molecule has 1 aromatic carbocycles. The lowest BCUT2D eigenvalue weighted by atomic mass is 10.0. The van der Waals surface area contributed by atoms with Crippen LogP contribution in [0.4, 0.5) is 0 Å². The van der Waals surface area contributed by atoms with E-state index < -0.39 is 0 Å². The van der Waals surface area contributed by atoms with Crippen LogP contribution in [0.2, 0.25) is 0 Å². The lowest BCUT2D eigenvalue weighted by molar-refractivity contribution is 0.0675. The third-order valence-corrected chi connectivity index (χ3v) is 7.05. The normalized spacial score (nSPS) is 16.5. The molecule has 3 aromatic heterocycles. The molecule has 1 amide bonds. The Labute approximate surface area is 190 Å². The Morgan fingerprint density at radius 2 is 2.06 bits per heavy atom. The lowest BCUT2D eigenvalue weighted by Gasteiger charge is -2.34. The fraction of sp³-hybridized carbons (Fsp3) is 0.333. The number of aromatic nitrogens is 4. The number of carbonyl (C=O) groups is 1. The van der Waals surface area contributed by atoms with Crippen LogP contribution >= 0.6 is 11.3 Å². The molecule has 5 rings (SSSR count). The number of nitrogens with zero attached hydrogens (tertiary/aromatic N) is 5. The number of aryl methyl sites for hydroxylation is 1. The predicted molar refractivity (Wildman–Crippen MR) is 124 cm³/mol. The van der Waals surface area contributed by atoms with Gasteiger partial charge in [0.15, 0.2) is 4.96 Å². The van der Waals surface area contributed by atoms with Gasteiger partial charge in [0.2, 0.25) is 0 Å². The Bertz CT molecular complexity index is 1310. The second kappa shape index (κ2) is 8.70. The molecule has 164 valence electrons. The van der Waals surface area contributed by atoms with Crippen LogP contribution in [0.25, 0.3) is 4.96 Å². The van der Waals surface area contributed by atoms with Crippen LogP contribution in [0.1, 0.15) is 52.4 Å². The molecule has 32 heavy (non-hydrogen) atoms. The summed E-state index contributed by atoms with van der Waals surface area (Å²) in [6.07, 6.45) is 10.5. The molecule has 0 radical (unpaired) electrons. The molecular formula is C24H25N5O2S. The van der Waals surface area contributed by atoms with E-state index in [-0.39, 0.29) is 23.1 Å². The summed E-state index contributed by atoms with van der Waals surface area (Å²) in [6.45, 7) is 3.31. The SMILES string of the molecule is CCc1nccn1C1CCCN(C(=O)c2cnc3sc(Cc4ccccc4)cn3c2=O)C1. The van der Waals surface area contributed by atoms with E-state index in [9.17, 15) is 9.59 Å². The first-order valence-corrected chi connectivity index (χ1v) is 11.8. The van der Waals surface area contributed by atoms with Crippen LogP contribution in [0.15, 0.2) is 59.9 Å². The highest BCUT2D eigenvalue weighted by molar-refractivity contribution is 7.17. The molecule has 1 fully saturated rings. The molecule has 0 saturated carbocycles. The number of piperidine rings is 1. The molecule has 4 aromatic rings. The number of carbonyl (C=O) groups excluding carboxylic acids is 1. The third kappa shape index (κ3) is 3.86. The van der Waals surface area contributed by atoms with E-state index >= 15 is 0 Å². The maximum atomic E-state index is 13.3. The molecule has 1 aliphatic heterocycles. The van der Waals surface area contributed by atoms with Gasteiger partial charge < -0.3 is 9.47 Å². The zero-order chi connectivity index (χ0) is 22.1. The highest BCUT2D eigenvalue weighted by atomic mass is 32.1. The Hall–Kier alpha value is -3.26. The van der Waals surface area contributed by atoms with Crippen molar-refractivity contribution >= 4 is 22.2 Å². The van der Waals surface area contributed by atoms with Crippen LogP contribution in [-0.4, -0.2) is 42.8 Å². The van der Waals surface area contributed by atoms with Gasteiger partial charge in [-0.3, -0.25) is 14.0 Å². The zero-order valence-electron chi connectivity index (χ0n) is 18.0. The van der Waals surface area contributed by atoms with E-state index in [1.807, 2.05) is 36.8 Å². The van der Waals surface area contributed by atoms with Gasteiger partial charge in [-0.25, -0.2) is 9.97 Å². The Morgan fingerprint density at radius 3 is 2.88 bits per heavy atom. The van der Waals surface area contributed by atoms with Crippen LogP contribution in [0.5, 0.6) is 0 Å². The van der Waals surface area contributed by atoms with Crippen molar-refractivity contribution in [2.45, 2.75) is 38.6 Å². The maximum absolute atomic E-state index is 13.3. The number of likely N-dealkylation sites (tertiary alicyclic amines) is 1. The molecule has 7 nitrogen and oxygen atoms in total. The molecule has 0 spiro atoms. The van der Waals surface area contributed by atoms with Crippen molar-refractivity contribution in [2.75, 3.05) is 13.1 Å². The zero-order valence-corrected chi connectivity index (χ0v) is 18.8. The number of amides is 1. The highest BCUT2D eigenvalue weighted by Crippen LogP contribution is 2.24. The fourth-order valence-electron chi connectivity index (χ4n) is 4.44.